The smallest absolute Gasteiger partial charge is 0.270 e. The Morgan fingerprint density at radius 1 is 1.18 bits per heavy atom. The number of hydrogen-bond acceptors (Lipinski definition) is 9. The van der Waals surface area contributed by atoms with Gasteiger partial charge in [0.05, 0.1) is 12.2 Å². The third-order valence-electron chi connectivity index (χ3n) is 5.37. The van der Waals surface area contributed by atoms with Crippen molar-refractivity contribution in [1.29, 1.82) is 5.26 Å². The van der Waals surface area contributed by atoms with Gasteiger partial charge in [0, 0.05) is 24.1 Å². The summed E-state index contributed by atoms with van der Waals surface area (Å²) >= 11 is 0.668. The molecule has 0 fully saturated rings. The van der Waals surface area contributed by atoms with E-state index in [4.69, 9.17) is 10.00 Å². The third kappa shape index (κ3) is 7.30. The van der Waals surface area contributed by atoms with Gasteiger partial charge in [-0.05, 0) is 42.0 Å². The van der Waals surface area contributed by atoms with E-state index in [1.54, 1.807) is 30.3 Å². The van der Waals surface area contributed by atoms with Crippen LogP contribution in [0.5, 0.6) is 5.75 Å². The molecule has 2 unspecified atom stereocenters. The van der Waals surface area contributed by atoms with Gasteiger partial charge in [-0.15, -0.1) is 10.2 Å². The number of halogens is 1. The quantitative estimate of drug-likeness (QED) is 0.152. The van der Waals surface area contributed by atoms with Gasteiger partial charge in [0.2, 0.25) is 4.34 Å². The largest absolute Gasteiger partial charge is 0.777 e. The van der Waals surface area contributed by atoms with E-state index in [-0.39, 0.29) is 10.6 Å². The number of sulfonamides is 1. The van der Waals surface area contributed by atoms with Crippen molar-refractivity contribution in [2.45, 2.75) is 23.1 Å². The molecule has 0 bridgehead atoms. The zero-order chi connectivity index (χ0) is 28.0. The summed E-state index contributed by atoms with van der Waals surface area (Å²) < 4.78 is 60.8. The fraction of sp³-hybridized carbons (Fsp3) is 0.167. The van der Waals surface area contributed by atoms with Crippen LogP contribution in [0.1, 0.15) is 23.3 Å². The number of nitrogens with one attached hydrogen (secondary N) is 1. The molecule has 202 valence electrons. The summed E-state index contributed by atoms with van der Waals surface area (Å²) in [6.07, 6.45) is 4.73. The van der Waals surface area contributed by atoms with Gasteiger partial charge < -0.3 is 19.1 Å². The lowest BCUT2D eigenvalue weighted by molar-refractivity contribution is -0.697. The molecule has 15 heteroatoms. The second-order valence-electron chi connectivity index (χ2n) is 8.15. The molecule has 0 aliphatic heterocycles. The summed E-state index contributed by atoms with van der Waals surface area (Å²) in [5, 5.41) is 16.6. The van der Waals surface area contributed by atoms with Crippen LogP contribution in [0.25, 0.3) is 10.6 Å². The summed E-state index contributed by atoms with van der Waals surface area (Å²) in [5.74, 6) is -2.68. The highest BCUT2D eigenvalue weighted by atomic mass is 32.2. The number of nitrogens with zero attached hydrogens (tertiary/aromatic N) is 4. The zero-order valence-corrected chi connectivity index (χ0v) is 22.6. The minimum Gasteiger partial charge on any atom is -0.777 e. The number of ether oxygens (including phenoxy) is 1. The van der Waals surface area contributed by atoms with Gasteiger partial charge in [0.15, 0.2) is 26.5 Å². The van der Waals surface area contributed by atoms with Crippen molar-refractivity contribution in [3.05, 3.63) is 90.0 Å². The second kappa shape index (κ2) is 12.1. The van der Waals surface area contributed by atoms with Crippen LogP contribution in [0, 0.1) is 17.1 Å². The number of aryl methyl sites for hydroxylation is 1. The van der Waals surface area contributed by atoms with E-state index in [2.05, 4.69) is 10.2 Å². The summed E-state index contributed by atoms with van der Waals surface area (Å²) in [6.45, 7) is 1.29. The molecule has 4 aromatic rings. The Balaban J connectivity index is 1.43. The van der Waals surface area contributed by atoms with Crippen LogP contribution in [0.2, 0.25) is 0 Å². The molecule has 0 amide bonds. The lowest BCUT2D eigenvalue weighted by atomic mass is 10.1. The van der Waals surface area contributed by atoms with Gasteiger partial charge in [0.1, 0.15) is 28.4 Å². The van der Waals surface area contributed by atoms with Crippen LogP contribution in [-0.4, -0.2) is 30.1 Å². The van der Waals surface area contributed by atoms with Gasteiger partial charge in [-0.2, -0.15) is 9.98 Å². The van der Waals surface area contributed by atoms with E-state index in [0.717, 1.165) is 25.1 Å². The fourth-order valence-corrected chi connectivity index (χ4v) is 7.03. The summed E-state index contributed by atoms with van der Waals surface area (Å²) in [4.78, 5) is 21.6. The predicted octanol–water partition coefficient (Wildman–Crippen LogP) is 2.50. The molecule has 0 saturated heterocycles. The zero-order valence-electron chi connectivity index (χ0n) is 20.0. The first-order chi connectivity index (χ1) is 18.6. The van der Waals surface area contributed by atoms with E-state index >= 15 is 0 Å². The maximum Gasteiger partial charge on any atom is 0.270 e. The van der Waals surface area contributed by atoms with E-state index < -0.39 is 39.1 Å². The van der Waals surface area contributed by atoms with E-state index in [1.165, 1.54) is 0 Å². The Kier molecular flexibility index (Phi) is 8.81. The van der Waals surface area contributed by atoms with Crippen molar-refractivity contribution < 1.29 is 36.5 Å². The first-order valence-corrected chi connectivity index (χ1v) is 15.3. The molecule has 39 heavy (non-hydrogen) atoms. The SMILES string of the molecule is N#Cc1ccc(C(NS(=O)(=O)c2nnc(-c3ccc(OCCC[n+]4ccccc4)cc3)s2)P(=O)([O-])O)cc1F. The van der Waals surface area contributed by atoms with Crippen molar-refractivity contribution in [1.82, 2.24) is 14.9 Å². The lowest BCUT2D eigenvalue weighted by Gasteiger charge is -2.27. The second-order valence-corrected chi connectivity index (χ2v) is 12.7. The highest BCUT2D eigenvalue weighted by molar-refractivity contribution is 7.91. The Morgan fingerprint density at radius 2 is 1.90 bits per heavy atom. The molecule has 0 aliphatic rings. The van der Waals surface area contributed by atoms with Gasteiger partial charge in [-0.3, -0.25) is 0 Å². The molecule has 0 radical (unpaired) electrons. The Hall–Kier alpha value is -3.57. The summed E-state index contributed by atoms with van der Waals surface area (Å²) in [5.41, 5.74) is -0.252. The third-order valence-corrected chi connectivity index (χ3v) is 9.38. The van der Waals surface area contributed by atoms with Crippen molar-refractivity contribution >= 4 is 29.0 Å². The van der Waals surface area contributed by atoms with Crippen molar-refractivity contribution in [2.75, 3.05) is 6.61 Å². The number of benzene rings is 2. The number of aromatic nitrogens is 3. The Labute approximate surface area is 227 Å². The van der Waals surface area contributed by atoms with Crippen LogP contribution in [0.15, 0.2) is 77.4 Å². The minimum absolute atomic E-state index is 0.234. The van der Waals surface area contributed by atoms with Gasteiger partial charge in [-0.1, -0.05) is 23.5 Å². The highest BCUT2D eigenvalue weighted by Crippen LogP contribution is 2.47. The number of hydrogen-bond donors (Lipinski definition) is 2. The molecule has 0 saturated carbocycles. The number of nitriles is 1. The molecular formula is C24H21FN5O6PS2. The molecule has 0 spiro atoms. The monoisotopic (exact) mass is 589 g/mol. The maximum absolute atomic E-state index is 14.0. The first-order valence-electron chi connectivity index (χ1n) is 11.3. The average molecular weight is 590 g/mol. The highest BCUT2D eigenvalue weighted by Gasteiger charge is 2.31. The van der Waals surface area contributed by atoms with Gasteiger partial charge in [-0.25, -0.2) is 17.4 Å². The normalized spacial score (nSPS) is 13.8. The van der Waals surface area contributed by atoms with Crippen molar-refractivity contribution in [2.24, 2.45) is 0 Å². The van der Waals surface area contributed by atoms with Gasteiger partial charge in [0.25, 0.3) is 10.0 Å². The minimum atomic E-state index is -5.39. The number of rotatable bonds is 11. The number of pyridine rings is 1. The lowest BCUT2D eigenvalue weighted by Crippen LogP contribution is -2.33. The average Bonchev–Trinajstić information content (AvgIpc) is 3.42. The summed E-state index contributed by atoms with van der Waals surface area (Å²) in [7, 11) is -10.00. The molecule has 2 atom stereocenters. The molecule has 2 aromatic heterocycles. The molecule has 11 nitrogen and oxygen atoms in total. The maximum atomic E-state index is 14.0. The predicted molar refractivity (Wildman–Crippen MR) is 136 cm³/mol. The van der Waals surface area contributed by atoms with E-state index in [9.17, 15) is 27.2 Å². The van der Waals surface area contributed by atoms with Crippen LogP contribution in [0.3, 0.4) is 0 Å². The van der Waals surface area contributed by atoms with E-state index in [1.807, 2.05) is 39.9 Å². The van der Waals surface area contributed by atoms with Crippen molar-refractivity contribution in [3.63, 3.8) is 0 Å². The molecule has 2 heterocycles. The van der Waals surface area contributed by atoms with Crippen LogP contribution >= 0.6 is 18.9 Å². The van der Waals surface area contributed by atoms with E-state index in [0.29, 0.717) is 35.3 Å². The molecule has 2 aromatic carbocycles. The van der Waals surface area contributed by atoms with Crippen LogP contribution in [0.4, 0.5) is 4.39 Å². The molecular weight excluding hydrogens is 568 g/mol. The van der Waals surface area contributed by atoms with Crippen LogP contribution in [-0.2, 0) is 21.1 Å². The summed E-state index contributed by atoms with van der Waals surface area (Å²) in [6, 6.07) is 16.8. The Bertz CT molecular complexity index is 1640. The van der Waals surface area contributed by atoms with Crippen molar-refractivity contribution in [3.8, 4) is 22.4 Å². The molecule has 0 aliphatic carbocycles. The Morgan fingerprint density at radius 3 is 2.54 bits per heavy atom. The first kappa shape index (κ1) is 28.4. The molecule has 4 rings (SSSR count). The topological polar surface area (TPSA) is 169 Å². The van der Waals surface area contributed by atoms with Crippen LogP contribution < -0.4 is 18.9 Å². The fourth-order valence-electron chi connectivity index (χ4n) is 3.46. The molecule has 2 N–H and O–H groups in total. The standard InChI is InChI=1S/C24H21FN5O6PS2/c25-21-15-18(5-6-19(21)16-26)22(37(31,32)33)29-39(34,35)24-28-27-23(38-24)17-7-9-20(10-8-17)36-14-4-13-30-11-2-1-3-12-30/h1-3,5-12,15,22,29H,4,13-14H2,(H-,31,32,33). The van der Waals surface area contributed by atoms with Gasteiger partial charge >= 0.3 is 0 Å².